The van der Waals surface area contributed by atoms with Crippen molar-refractivity contribution in [2.24, 2.45) is 0 Å². The number of nitrogens with one attached hydrogen (secondary N) is 3. The van der Waals surface area contributed by atoms with Crippen LogP contribution in [0.25, 0.3) is 6.08 Å². The summed E-state index contributed by atoms with van der Waals surface area (Å²) in [6, 6.07) is 12.5. The van der Waals surface area contributed by atoms with Gasteiger partial charge in [0, 0.05) is 11.8 Å². The third-order valence-corrected chi connectivity index (χ3v) is 3.40. The number of hydrogen-bond donors (Lipinski definition) is 4. The van der Waals surface area contributed by atoms with E-state index in [1.807, 2.05) is 32.0 Å². The van der Waals surface area contributed by atoms with E-state index in [0.29, 0.717) is 5.69 Å². The fourth-order valence-corrected chi connectivity index (χ4v) is 2.32. The van der Waals surface area contributed by atoms with E-state index in [-0.39, 0.29) is 6.61 Å². The maximum atomic E-state index is 11.8. The summed E-state index contributed by atoms with van der Waals surface area (Å²) in [5.41, 5.74) is 8.31. The molecule has 7 heteroatoms. The second-order valence-electron chi connectivity index (χ2n) is 5.77. The normalized spacial score (nSPS) is 10.6. The molecule has 4 N–H and O–H groups in total. The molecule has 0 bridgehead atoms. The van der Waals surface area contributed by atoms with Gasteiger partial charge in [0.2, 0.25) is 0 Å². The highest BCUT2D eigenvalue weighted by Crippen LogP contribution is 2.13. The predicted molar refractivity (Wildman–Crippen MR) is 98.3 cm³/mol. The maximum absolute atomic E-state index is 11.8. The number of amides is 3. The molecule has 0 saturated carbocycles. The van der Waals surface area contributed by atoms with Crippen molar-refractivity contribution in [2.75, 3.05) is 5.32 Å². The van der Waals surface area contributed by atoms with Gasteiger partial charge in [-0.3, -0.25) is 14.8 Å². The standard InChI is InChI=1S/C19H21N3O4/c1-13-9-14(2)11-17(10-13)20-19(24)22-26-12-16-5-3-15(4-6-16)7-8-18(23)21-25/h3-11,25H,12H2,1-2H3,(H,21,23)(H2,20,22,24)/b8-7+. The van der Waals surface area contributed by atoms with Gasteiger partial charge in [-0.15, -0.1) is 0 Å². The number of carbonyl (C=O) groups excluding carboxylic acids is 2. The first kappa shape index (κ1) is 19.2. The summed E-state index contributed by atoms with van der Waals surface area (Å²) < 4.78 is 0. The van der Waals surface area contributed by atoms with Crippen LogP contribution in [0.1, 0.15) is 22.3 Å². The maximum Gasteiger partial charge on any atom is 0.343 e. The lowest BCUT2D eigenvalue weighted by atomic mass is 10.1. The van der Waals surface area contributed by atoms with Gasteiger partial charge in [0.1, 0.15) is 0 Å². The van der Waals surface area contributed by atoms with Crippen LogP contribution in [0.2, 0.25) is 0 Å². The minimum absolute atomic E-state index is 0.196. The van der Waals surface area contributed by atoms with Crippen LogP contribution in [-0.4, -0.2) is 17.1 Å². The van der Waals surface area contributed by atoms with Gasteiger partial charge in [0.15, 0.2) is 0 Å². The molecule has 2 rings (SSSR count). The first-order chi connectivity index (χ1) is 12.5. The van der Waals surface area contributed by atoms with Crippen LogP contribution in [0.15, 0.2) is 48.5 Å². The Morgan fingerprint density at radius 2 is 1.73 bits per heavy atom. The van der Waals surface area contributed by atoms with Crippen molar-refractivity contribution >= 4 is 23.7 Å². The highest BCUT2D eigenvalue weighted by atomic mass is 16.7. The zero-order valence-electron chi connectivity index (χ0n) is 14.6. The lowest BCUT2D eigenvalue weighted by molar-refractivity contribution is -0.124. The molecule has 7 nitrogen and oxygen atoms in total. The number of hydrogen-bond acceptors (Lipinski definition) is 4. The summed E-state index contributed by atoms with van der Waals surface area (Å²) in [4.78, 5) is 27.9. The average Bonchev–Trinajstić information content (AvgIpc) is 2.59. The number of anilines is 1. The molecule has 3 amide bonds. The zero-order chi connectivity index (χ0) is 18.9. The smallest absolute Gasteiger partial charge is 0.306 e. The van der Waals surface area contributed by atoms with Crippen LogP contribution in [0, 0.1) is 13.8 Å². The minimum Gasteiger partial charge on any atom is -0.306 e. The Kier molecular flexibility index (Phi) is 6.90. The van der Waals surface area contributed by atoms with Crippen LogP contribution in [-0.2, 0) is 16.2 Å². The van der Waals surface area contributed by atoms with Gasteiger partial charge in [-0.2, -0.15) is 0 Å². The van der Waals surface area contributed by atoms with Crippen molar-refractivity contribution in [1.29, 1.82) is 0 Å². The minimum atomic E-state index is -0.601. The Hall–Kier alpha value is -3.16. The summed E-state index contributed by atoms with van der Waals surface area (Å²) in [5.74, 6) is -0.601. The van der Waals surface area contributed by atoms with E-state index in [4.69, 9.17) is 10.0 Å². The van der Waals surface area contributed by atoms with E-state index in [9.17, 15) is 9.59 Å². The molecule has 0 radical (unpaired) electrons. The SMILES string of the molecule is Cc1cc(C)cc(NC(=O)NOCc2ccc(/C=C/C(=O)NO)cc2)c1. The zero-order valence-corrected chi connectivity index (χ0v) is 14.6. The molecule has 136 valence electrons. The lowest BCUT2D eigenvalue weighted by Crippen LogP contribution is -2.28. The van der Waals surface area contributed by atoms with E-state index in [1.54, 1.807) is 30.3 Å². The third-order valence-electron chi connectivity index (χ3n) is 3.40. The molecule has 26 heavy (non-hydrogen) atoms. The van der Waals surface area contributed by atoms with Crippen molar-refractivity contribution in [3.05, 3.63) is 70.8 Å². The number of benzene rings is 2. The Bertz CT molecular complexity index is 781. The molecule has 0 spiro atoms. The van der Waals surface area contributed by atoms with Crippen LogP contribution in [0.5, 0.6) is 0 Å². The Morgan fingerprint density at radius 3 is 2.35 bits per heavy atom. The fraction of sp³-hybridized carbons (Fsp3) is 0.158. The molecule has 0 heterocycles. The summed E-state index contributed by atoms with van der Waals surface area (Å²) in [6.45, 7) is 4.12. The number of carbonyl (C=O) groups is 2. The Labute approximate surface area is 151 Å². The quantitative estimate of drug-likeness (QED) is 0.363. The highest BCUT2D eigenvalue weighted by molar-refractivity contribution is 5.90. The monoisotopic (exact) mass is 355 g/mol. The van der Waals surface area contributed by atoms with Crippen LogP contribution < -0.4 is 16.3 Å². The topological polar surface area (TPSA) is 99.7 Å². The lowest BCUT2D eigenvalue weighted by Gasteiger charge is -2.09. The highest BCUT2D eigenvalue weighted by Gasteiger charge is 2.03. The predicted octanol–water partition coefficient (Wildman–Crippen LogP) is 3.08. The first-order valence-corrected chi connectivity index (χ1v) is 7.94. The molecule has 2 aromatic rings. The number of aryl methyl sites for hydroxylation is 2. The summed E-state index contributed by atoms with van der Waals surface area (Å²) in [7, 11) is 0. The van der Waals surface area contributed by atoms with Gasteiger partial charge in [-0.05, 0) is 54.3 Å². The molecule has 0 fully saturated rings. The molecule has 0 aliphatic carbocycles. The molecule has 0 atom stereocenters. The van der Waals surface area contributed by atoms with E-state index < -0.39 is 11.9 Å². The van der Waals surface area contributed by atoms with Crippen molar-refractivity contribution in [3.8, 4) is 0 Å². The molecular formula is C19H21N3O4. The van der Waals surface area contributed by atoms with Gasteiger partial charge in [0.05, 0.1) is 6.61 Å². The van der Waals surface area contributed by atoms with Crippen LogP contribution in [0.3, 0.4) is 0 Å². The Balaban J connectivity index is 1.79. The molecule has 2 aromatic carbocycles. The van der Waals surface area contributed by atoms with Gasteiger partial charge in [0.25, 0.3) is 5.91 Å². The van der Waals surface area contributed by atoms with Crippen molar-refractivity contribution < 1.29 is 19.6 Å². The molecule has 0 unspecified atom stereocenters. The van der Waals surface area contributed by atoms with Crippen molar-refractivity contribution in [1.82, 2.24) is 11.0 Å². The second-order valence-corrected chi connectivity index (χ2v) is 5.77. The van der Waals surface area contributed by atoms with Gasteiger partial charge in [-0.1, -0.05) is 30.3 Å². The van der Waals surface area contributed by atoms with E-state index in [2.05, 4.69) is 10.8 Å². The van der Waals surface area contributed by atoms with E-state index in [1.165, 1.54) is 11.6 Å². The molecule has 0 aliphatic heterocycles. The van der Waals surface area contributed by atoms with E-state index in [0.717, 1.165) is 22.3 Å². The molecule has 0 aliphatic rings. The van der Waals surface area contributed by atoms with Gasteiger partial charge >= 0.3 is 6.03 Å². The molecule has 0 aromatic heterocycles. The van der Waals surface area contributed by atoms with E-state index >= 15 is 0 Å². The Morgan fingerprint density at radius 1 is 1.08 bits per heavy atom. The third kappa shape index (κ3) is 6.39. The van der Waals surface area contributed by atoms with Crippen LogP contribution in [0.4, 0.5) is 10.5 Å². The molecular weight excluding hydrogens is 334 g/mol. The number of rotatable bonds is 6. The van der Waals surface area contributed by atoms with Gasteiger partial charge < -0.3 is 5.32 Å². The van der Waals surface area contributed by atoms with Gasteiger partial charge in [-0.25, -0.2) is 15.8 Å². The fourth-order valence-electron chi connectivity index (χ4n) is 2.32. The summed E-state index contributed by atoms with van der Waals surface area (Å²) >= 11 is 0. The first-order valence-electron chi connectivity index (χ1n) is 7.94. The average molecular weight is 355 g/mol. The second kappa shape index (κ2) is 9.36. The summed E-state index contributed by atoms with van der Waals surface area (Å²) in [6.07, 6.45) is 2.77. The number of hydroxylamine groups is 2. The van der Waals surface area contributed by atoms with Crippen molar-refractivity contribution in [2.45, 2.75) is 20.5 Å². The van der Waals surface area contributed by atoms with Crippen LogP contribution >= 0.6 is 0 Å². The summed E-state index contributed by atoms with van der Waals surface area (Å²) in [5, 5.41) is 11.1. The number of urea groups is 1. The largest absolute Gasteiger partial charge is 0.343 e. The van der Waals surface area contributed by atoms with Crippen molar-refractivity contribution in [3.63, 3.8) is 0 Å². The molecule has 0 saturated heterocycles.